The summed E-state index contributed by atoms with van der Waals surface area (Å²) in [5.74, 6) is 0. The van der Waals surface area contributed by atoms with Crippen LogP contribution in [-0.4, -0.2) is 11.5 Å². The molecule has 0 fully saturated rings. The van der Waals surface area contributed by atoms with E-state index in [0.717, 1.165) is 46.1 Å². The molecule has 0 saturated carbocycles. The normalized spacial score (nSPS) is 11.1. The van der Waals surface area contributed by atoms with Crippen molar-refractivity contribution in [1.29, 1.82) is 0 Å². The van der Waals surface area contributed by atoms with E-state index in [0.29, 0.717) is 10.0 Å². The number of nitrogens with one attached hydrogen (secondary N) is 1. The van der Waals surface area contributed by atoms with Gasteiger partial charge >= 0.3 is 0 Å². The van der Waals surface area contributed by atoms with Crippen molar-refractivity contribution in [3.63, 3.8) is 0 Å². The molecule has 1 heterocycles. The molecule has 0 aliphatic heterocycles. The lowest BCUT2D eigenvalue weighted by atomic mass is 10.1. The van der Waals surface area contributed by atoms with Gasteiger partial charge in [0, 0.05) is 27.8 Å². The van der Waals surface area contributed by atoms with Crippen LogP contribution in [0, 0.1) is 6.92 Å². The average Bonchev–Trinajstić information content (AvgIpc) is 2.44. The van der Waals surface area contributed by atoms with E-state index in [1.165, 1.54) is 5.56 Å². The van der Waals surface area contributed by atoms with Gasteiger partial charge in [0.2, 0.25) is 0 Å². The van der Waals surface area contributed by atoms with Gasteiger partial charge in [0.1, 0.15) is 0 Å². The van der Waals surface area contributed by atoms with E-state index in [9.17, 15) is 0 Å². The lowest BCUT2D eigenvalue weighted by Crippen LogP contribution is -2.06. The number of benzene rings is 1. The molecular weight excluding hydrogens is 359 g/mol. The molecule has 0 aliphatic rings. The zero-order valence-corrected chi connectivity index (χ0v) is 14.9. The fourth-order valence-electron chi connectivity index (χ4n) is 2.27. The summed E-state index contributed by atoms with van der Waals surface area (Å²) in [5, 5.41) is 5.52. The van der Waals surface area contributed by atoms with Crippen LogP contribution < -0.4 is 5.32 Å². The monoisotopic (exact) mass is 374 g/mol. The van der Waals surface area contributed by atoms with E-state index in [1.54, 1.807) is 0 Å². The summed E-state index contributed by atoms with van der Waals surface area (Å²) >= 11 is 16.0. The van der Waals surface area contributed by atoms with Crippen molar-refractivity contribution >= 4 is 55.7 Å². The second-order valence-electron chi connectivity index (χ2n) is 4.72. The van der Waals surface area contributed by atoms with Crippen LogP contribution in [0.1, 0.15) is 31.5 Å². The highest BCUT2D eigenvalue weighted by Crippen LogP contribution is 2.40. The minimum absolute atomic E-state index is 0.505. The van der Waals surface area contributed by atoms with Gasteiger partial charge in [-0.2, -0.15) is 0 Å². The third-order valence-corrected chi connectivity index (χ3v) is 5.06. The molecule has 2 rings (SSSR count). The molecule has 2 aromatic rings. The Kier molecular flexibility index (Phi) is 5.16. The molecule has 0 saturated heterocycles. The molecule has 5 heteroatoms. The molecule has 0 unspecified atom stereocenters. The zero-order valence-electron chi connectivity index (χ0n) is 11.8. The first kappa shape index (κ1) is 15.9. The number of fused-ring (bicyclic) bond motifs is 1. The summed E-state index contributed by atoms with van der Waals surface area (Å²) in [6, 6.07) is 1.99. The number of aryl methyl sites for hydroxylation is 1. The first-order chi connectivity index (χ1) is 9.51. The number of anilines is 1. The summed E-state index contributed by atoms with van der Waals surface area (Å²) in [6.45, 7) is 7.26. The number of nitrogens with zero attached hydrogens (tertiary/aromatic N) is 1. The van der Waals surface area contributed by atoms with Crippen LogP contribution in [0.4, 0.5) is 5.69 Å². The summed E-state index contributed by atoms with van der Waals surface area (Å²) in [5.41, 5.74) is 4.10. The lowest BCUT2D eigenvalue weighted by molar-refractivity contribution is 0.970. The van der Waals surface area contributed by atoms with Crippen molar-refractivity contribution in [1.82, 2.24) is 4.98 Å². The third-order valence-electron chi connectivity index (χ3n) is 3.35. The van der Waals surface area contributed by atoms with Crippen molar-refractivity contribution in [2.24, 2.45) is 0 Å². The molecular formula is C15H17BrCl2N2. The Morgan fingerprint density at radius 3 is 2.55 bits per heavy atom. The number of aromatic nitrogens is 1. The highest BCUT2D eigenvalue weighted by Gasteiger charge is 2.16. The molecule has 0 spiro atoms. The van der Waals surface area contributed by atoms with Crippen LogP contribution in [0.3, 0.4) is 0 Å². The number of pyridine rings is 1. The largest absolute Gasteiger partial charge is 0.384 e. The molecule has 1 aromatic carbocycles. The first-order valence-corrected chi connectivity index (χ1v) is 8.26. The summed E-state index contributed by atoms with van der Waals surface area (Å²) < 4.78 is 0.793. The summed E-state index contributed by atoms with van der Waals surface area (Å²) in [4.78, 5) is 4.69. The van der Waals surface area contributed by atoms with Crippen LogP contribution in [0.15, 0.2) is 10.5 Å². The zero-order chi connectivity index (χ0) is 14.9. The fraction of sp³-hybridized carbons (Fsp3) is 0.400. The van der Waals surface area contributed by atoms with Gasteiger partial charge in [-0.25, -0.2) is 0 Å². The minimum Gasteiger partial charge on any atom is -0.384 e. The van der Waals surface area contributed by atoms with Gasteiger partial charge in [-0.05, 0) is 47.3 Å². The van der Waals surface area contributed by atoms with E-state index in [4.69, 9.17) is 23.2 Å². The van der Waals surface area contributed by atoms with Gasteiger partial charge in [0.05, 0.1) is 15.6 Å². The second kappa shape index (κ2) is 6.50. The second-order valence-corrected chi connectivity index (χ2v) is 6.33. The maximum atomic E-state index is 6.37. The van der Waals surface area contributed by atoms with Crippen molar-refractivity contribution < 1.29 is 0 Å². The van der Waals surface area contributed by atoms with E-state index >= 15 is 0 Å². The number of halogens is 3. The molecule has 0 bridgehead atoms. The smallest absolute Gasteiger partial charge is 0.0928 e. The summed E-state index contributed by atoms with van der Waals surface area (Å²) in [6.07, 6.45) is 1.93. The van der Waals surface area contributed by atoms with E-state index in [2.05, 4.69) is 47.0 Å². The molecule has 1 N–H and O–H groups in total. The Morgan fingerprint density at radius 1 is 1.25 bits per heavy atom. The average molecular weight is 376 g/mol. The van der Waals surface area contributed by atoms with Gasteiger partial charge < -0.3 is 5.32 Å². The Morgan fingerprint density at radius 2 is 1.95 bits per heavy atom. The van der Waals surface area contributed by atoms with E-state index in [-0.39, 0.29) is 0 Å². The topological polar surface area (TPSA) is 24.9 Å². The van der Waals surface area contributed by atoms with Crippen LogP contribution in [0.2, 0.25) is 10.0 Å². The van der Waals surface area contributed by atoms with Crippen LogP contribution in [0.25, 0.3) is 10.9 Å². The molecule has 2 nitrogen and oxygen atoms in total. The van der Waals surface area contributed by atoms with Crippen molar-refractivity contribution in [2.75, 3.05) is 11.9 Å². The van der Waals surface area contributed by atoms with Gasteiger partial charge in [0.25, 0.3) is 0 Å². The van der Waals surface area contributed by atoms with E-state index in [1.807, 2.05) is 6.07 Å². The molecule has 0 radical (unpaired) electrons. The fourth-order valence-corrected chi connectivity index (χ4v) is 3.20. The molecule has 0 aliphatic carbocycles. The van der Waals surface area contributed by atoms with Gasteiger partial charge in [-0.15, -0.1) is 0 Å². The molecule has 1 aromatic heterocycles. The summed E-state index contributed by atoms with van der Waals surface area (Å²) in [7, 11) is 0. The quantitative estimate of drug-likeness (QED) is 0.663. The SMILES string of the molecule is CCCNc1c(C)c(CC)nc2c(Cl)c(Cl)c(Br)cc12. The maximum absolute atomic E-state index is 6.37. The van der Waals surface area contributed by atoms with Gasteiger partial charge in [-0.3, -0.25) is 4.98 Å². The van der Waals surface area contributed by atoms with E-state index < -0.39 is 0 Å². The Balaban J connectivity index is 2.81. The van der Waals surface area contributed by atoms with Crippen LogP contribution >= 0.6 is 39.1 Å². The predicted octanol–water partition coefficient (Wildman–Crippen LogP) is 6.00. The van der Waals surface area contributed by atoms with Crippen LogP contribution in [0.5, 0.6) is 0 Å². The molecule has 20 heavy (non-hydrogen) atoms. The number of hydrogen-bond acceptors (Lipinski definition) is 2. The third kappa shape index (κ3) is 2.76. The Labute approximate surface area is 138 Å². The molecule has 0 atom stereocenters. The Hall–Kier alpha value is -0.510. The lowest BCUT2D eigenvalue weighted by Gasteiger charge is -2.17. The van der Waals surface area contributed by atoms with Gasteiger partial charge in [0.15, 0.2) is 0 Å². The highest BCUT2D eigenvalue weighted by molar-refractivity contribution is 9.10. The first-order valence-electron chi connectivity index (χ1n) is 6.71. The van der Waals surface area contributed by atoms with Crippen molar-refractivity contribution in [3.8, 4) is 0 Å². The van der Waals surface area contributed by atoms with Crippen LogP contribution in [-0.2, 0) is 6.42 Å². The van der Waals surface area contributed by atoms with Crippen molar-refractivity contribution in [3.05, 3.63) is 31.8 Å². The highest BCUT2D eigenvalue weighted by atomic mass is 79.9. The molecule has 108 valence electrons. The standard InChI is InChI=1S/C15H17BrCl2N2/c1-4-6-19-14-8(3)11(5-2)20-15-9(14)7-10(16)12(17)13(15)18/h7H,4-6H2,1-3H3,(H,19,20). The number of hydrogen-bond donors (Lipinski definition) is 1. The number of rotatable bonds is 4. The maximum Gasteiger partial charge on any atom is 0.0928 e. The molecule has 0 amide bonds. The Bertz CT molecular complexity index is 656. The predicted molar refractivity (Wildman–Crippen MR) is 92.4 cm³/mol. The minimum atomic E-state index is 0.505. The van der Waals surface area contributed by atoms with Crippen molar-refractivity contribution in [2.45, 2.75) is 33.6 Å². The van der Waals surface area contributed by atoms with Gasteiger partial charge in [-0.1, -0.05) is 37.0 Å².